The molecule has 3 heteroatoms. The van der Waals surface area contributed by atoms with Gasteiger partial charge in [-0.25, -0.2) is 0 Å². The lowest BCUT2D eigenvalue weighted by atomic mass is 9.76. The molecule has 2 N–H and O–H groups in total. The van der Waals surface area contributed by atoms with E-state index in [-0.39, 0.29) is 12.2 Å². The molecule has 0 aromatic rings. The molecule has 2 atom stereocenters. The Labute approximate surface area is 154 Å². The van der Waals surface area contributed by atoms with Crippen LogP contribution in [0.4, 0.5) is 0 Å². The van der Waals surface area contributed by atoms with E-state index in [0.717, 1.165) is 25.7 Å². The monoisotopic (exact) mass is 352 g/mol. The normalized spacial score (nSPS) is 23.7. The summed E-state index contributed by atoms with van der Waals surface area (Å²) in [7, 11) is 0. The Morgan fingerprint density at radius 1 is 0.920 bits per heavy atom. The second kappa shape index (κ2) is 10.6. The standard InChI is InChI=1S/C22H40O3/c1-3-22(24,4-2)16-11-17-25-21(19-14-9-6-10-15-19)20(23)18-12-7-5-8-13-18/h11,17-21,23-24H,3-10,12-16H2,1-2H3/b17-11+. The zero-order chi connectivity index (χ0) is 18.1. The van der Waals surface area contributed by atoms with Crippen LogP contribution in [-0.2, 0) is 4.74 Å². The average Bonchev–Trinajstić information content (AvgIpc) is 2.68. The van der Waals surface area contributed by atoms with Gasteiger partial charge in [0.1, 0.15) is 6.10 Å². The van der Waals surface area contributed by atoms with E-state index < -0.39 is 5.60 Å². The van der Waals surface area contributed by atoms with Crippen LogP contribution in [0.2, 0.25) is 0 Å². The van der Waals surface area contributed by atoms with Gasteiger partial charge in [0.05, 0.1) is 18.0 Å². The van der Waals surface area contributed by atoms with Gasteiger partial charge in [-0.3, -0.25) is 0 Å². The molecule has 2 rings (SSSR count). The molecule has 0 heterocycles. The van der Waals surface area contributed by atoms with E-state index in [2.05, 4.69) is 0 Å². The van der Waals surface area contributed by atoms with E-state index in [1.54, 1.807) is 6.26 Å². The van der Waals surface area contributed by atoms with E-state index in [1.165, 1.54) is 51.4 Å². The van der Waals surface area contributed by atoms with Crippen LogP contribution in [0.5, 0.6) is 0 Å². The third-order valence-electron chi connectivity index (χ3n) is 6.73. The van der Waals surface area contributed by atoms with Gasteiger partial charge in [0.25, 0.3) is 0 Å². The molecule has 25 heavy (non-hydrogen) atoms. The third kappa shape index (κ3) is 6.29. The molecule has 0 amide bonds. The highest BCUT2D eigenvalue weighted by Gasteiger charge is 2.35. The Balaban J connectivity index is 1.96. The van der Waals surface area contributed by atoms with Crippen molar-refractivity contribution in [3.8, 4) is 0 Å². The summed E-state index contributed by atoms with van der Waals surface area (Å²) >= 11 is 0. The molecule has 146 valence electrons. The molecule has 3 nitrogen and oxygen atoms in total. The zero-order valence-electron chi connectivity index (χ0n) is 16.5. The Morgan fingerprint density at radius 2 is 1.44 bits per heavy atom. The van der Waals surface area contributed by atoms with Crippen molar-refractivity contribution in [2.75, 3.05) is 0 Å². The molecule has 2 aliphatic carbocycles. The molecule has 2 unspecified atom stereocenters. The maximum Gasteiger partial charge on any atom is 0.127 e. The van der Waals surface area contributed by atoms with Crippen molar-refractivity contribution in [1.82, 2.24) is 0 Å². The topological polar surface area (TPSA) is 49.7 Å². The Bertz CT molecular complexity index is 377. The SMILES string of the molecule is CCC(O)(CC)C/C=C/OC(C1CCCCC1)C(O)C1CCCCC1. The van der Waals surface area contributed by atoms with E-state index in [9.17, 15) is 10.2 Å². The molecule has 0 aliphatic heterocycles. The summed E-state index contributed by atoms with van der Waals surface area (Å²) in [5.41, 5.74) is -0.623. The highest BCUT2D eigenvalue weighted by molar-refractivity contribution is 4.91. The summed E-state index contributed by atoms with van der Waals surface area (Å²) in [4.78, 5) is 0. The minimum atomic E-state index is -0.623. The zero-order valence-corrected chi connectivity index (χ0v) is 16.5. The summed E-state index contributed by atoms with van der Waals surface area (Å²) in [6, 6.07) is 0. The van der Waals surface area contributed by atoms with Crippen molar-refractivity contribution in [3.63, 3.8) is 0 Å². The van der Waals surface area contributed by atoms with Gasteiger partial charge in [-0.2, -0.15) is 0 Å². The van der Waals surface area contributed by atoms with Crippen molar-refractivity contribution in [2.45, 2.75) is 115 Å². The fraction of sp³-hybridized carbons (Fsp3) is 0.909. The largest absolute Gasteiger partial charge is 0.495 e. The second-order valence-corrected chi connectivity index (χ2v) is 8.39. The van der Waals surface area contributed by atoms with Gasteiger partial charge in [-0.05, 0) is 62.9 Å². The highest BCUT2D eigenvalue weighted by Crippen LogP contribution is 2.35. The molecule has 2 saturated carbocycles. The lowest BCUT2D eigenvalue weighted by Crippen LogP contribution is -2.41. The minimum absolute atomic E-state index is 0.0732. The van der Waals surface area contributed by atoms with Crippen molar-refractivity contribution < 1.29 is 14.9 Å². The van der Waals surface area contributed by atoms with Crippen LogP contribution in [0.1, 0.15) is 97.3 Å². The summed E-state index contributed by atoms with van der Waals surface area (Å²) in [5, 5.41) is 21.4. The number of hydrogen-bond acceptors (Lipinski definition) is 3. The smallest absolute Gasteiger partial charge is 0.127 e. The van der Waals surface area contributed by atoms with Crippen LogP contribution in [0.25, 0.3) is 0 Å². The summed E-state index contributed by atoms with van der Waals surface area (Å²) < 4.78 is 6.14. The van der Waals surface area contributed by atoms with Crippen LogP contribution in [0.15, 0.2) is 12.3 Å². The first kappa shape index (κ1) is 20.8. The quantitative estimate of drug-likeness (QED) is 0.550. The molecular formula is C22H40O3. The molecule has 2 fully saturated rings. The minimum Gasteiger partial charge on any atom is -0.495 e. The van der Waals surface area contributed by atoms with Gasteiger partial charge in [0, 0.05) is 0 Å². The third-order valence-corrected chi connectivity index (χ3v) is 6.73. The van der Waals surface area contributed by atoms with Gasteiger partial charge in [-0.15, -0.1) is 0 Å². The Kier molecular flexibility index (Phi) is 8.78. The maximum atomic E-state index is 11.0. The van der Waals surface area contributed by atoms with Gasteiger partial charge < -0.3 is 14.9 Å². The van der Waals surface area contributed by atoms with Crippen LogP contribution in [0.3, 0.4) is 0 Å². The van der Waals surface area contributed by atoms with Gasteiger partial charge >= 0.3 is 0 Å². The number of aliphatic hydroxyl groups is 2. The first-order valence-electron chi connectivity index (χ1n) is 10.8. The van der Waals surface area contributed by atoms with E-state index >= 15 is 0 Å². The molecule has 0 spiro atoms. The van der Waals surface area contributed by atoms with E-state index in [4.69, 9.17) is 4.74 Å². The Hall–Kier alpha value is -0.540. The first-order chi connectivity index (χ1) is 12.1. The highest BCUT2D eigenvalue weighted by atomic mass is 16.5. The number of rotatable bonds is 9. The van der Waals surface area contributed by atoms with Crippen LogP contribution < -0.4 is 0 Å². The van der Waals surface area contributed by atoms with E-state index in [1.807, 2.05) is 19.9 Å². The lowest BCUT2D eigenvalue weighted by Gasteiger charge is -2.37. The molecule has 0 radical (unpaired) electrons. The first-order valence-corrected chi connectivity index (χ1v) is 10.8. The predicted octanol–water partition coefficient (Wildman–Crippen LogP) is 5.35. The van der Waals surface area contributed by atoms with Crippen molar-refractivity contribution >= 4 is 0 Å². The van der Waals surface area contributed by atoms with Crippen molar-refractivity contribution in [1.29, 1.82) is 0 Å². The van der Waals surface area contributed by atoms with Gasteiger partial charge in [-0.1, -0.05) is 52.4 Å². The number of hydrogen-bond donors (Lipinski definition) is 2. The Morgan fingerprint density at radius 3 is 1.96 bits per heavy atom. The van der Waals surface area contributed by atoms with Crippen molar-refractivity contribution in [3.05, 3.63) is 12.3 Å². The van der Waals surface area contributed by atoms with Crippen LogP contribution in [0, 0.1) is 11.8 Å². The molecule has 2 aliphatic rings. The van der Waals surface area contributed by atoms with Gasteiger partial charge in [0.2, 0.25) is 0 Å². The summed E-state index contributed by atoms with van der Waals surface area (Å²) in [5.74, 6) is 0.879. The lowest BCUT2D eigenvalue weighted by molar-refractivity contribution is -0.0693. The van der Waals surface area contributed by atoms with E-state index in [0.29, 0.717) is 18.3 Å². The number of ether oxygens (including phenoxy) is 1. The molecule has 0 saturated heterocycles. The number of aliphatic hydroxyl groups excluding tert-OH is 1. The summed E-state index contributed by atoms with van der Waals surface area (Å²) in [6.07, 6.45) is 17.7. The fourth-order valence-corrected chi connectivity index (χ4v) is 4.63. The van der Waals surface area contributed by atoms with Crippen LogP contribution >= 0.6 is 0 Å². The molecular weight excluding hydrogens is 312 g/mol. The summed E-state index contributed by atoms with van der Waals surface area (Å²) in [6.45, 7) is 4.05. The van der Waals surface area contributed by atoms with Gasteiger partial charge in [0.15, 0.2) is 0 Å². The average molecular weight is 353 g/mol. The molecule has 0 aromatic heterocycles. The molecule has 0 aromatic carbocycles. The predicted molar refractivity (Wildman–Crippen MR) is 103 cm³/mol. The fourth-order valence-electron chi connectivity index (χ4n) is 4.63. The van der Waals surface area contributed by atoms with Crippen LogP contribution in [-0.4, -0.2) is 28.0 Å². The second-order valence-electron chi connectivity index (χ2n) is 8.39. The maximum absolute atomic E-state index is 11.0. The molecule has 0 bridgehead atoms. The van der Waals surface area contributed by atoms with Crippen molar-refractivity contribution in [2.24, 2.45) is 11.8 Å².